The van der Waals surface area contributed by atoms with E-state index in [9.17, 15) is 9.59 Å². The molecule has 128 valence electrons. The molecule has 0 unspecified atom stereocenters. The molecule has 0 radical (unpaired) electrons. The van der Waals surface area contributed by atoms with Crippen molar-refractivity contribution in [2.24, 2.45) is 5.92 Å². The van der Waals surface area contributed by atoms with Gasteiger partial charge in [0.2, 0.25) is 5.91 Å². The quantitative estimate of drug-likeness (QED) is 0.777. The zero-order valence-electron chi connectivity index (χ0n) is 13.7. The topological polar surface area (TPSA) is 86.9 Å². The van der Waals surface area contributed by atoms with Crippen LogP contribution in [-0.2, 0) is 11.3 Å². The van der Waals surface area contributed by atoms with Crippen molar-refractivity contribution < 1.29 is 9.59 Å². The van der Waals surface area contributed by atoms with Crippen LogP contribution in [0.3, 0.4) is 0 Å². The van der Waals surface area contributed by atoms with Crippen molar-refractivity contribution in [1.29, 1.82) is 0 Å². The smallest absolute Gasteiger partial charge is 0.261 e. The first-order valence-electron chi connectivity index (χ1n) is 8.25. The maximum Gasteiger partial charge on any atom is 0.261 e. The SMILES string of the molecule is Cc1ccc(C(=O)NC2CCC(C(=O)NCc3ccn[nH]3)CC2)s1. The van der Waals surface area contributed by atoms with Crippen LogP contribution in [0.2, 0.25) is 0 Å². The average Bonchev–Trinajstić information content (AvgIpc) is 3.25. The van der Waals surface area contributed by atoms with Crippen molar-refractivity contribution in [3.05, 3.63) is 39.8 Å². The van der Waals surface area contributed by atoms with Gasteiger partial charge in [0.25, 0.3) is 5.91 Å². The van der Waals surface area contributed by atoms with Crippen molar-refractivity contribution in [2.75, 3.05) is 0 Å². The minimum atomic E-state index is 0.000228. The number of nitrogens with one attached hydrogen (secondary N) is 3. The van der Waals surface area contributed by atoms with E-state index in [-0.39, 0.29) is 23.8 Å². The Labute approximate surface area is 145 Å². The summed E-state index contributed by atoms with van der Waals surface area (Å²) in [6, 6.07) is 5.83. The summed E-state index contributed by atoms with van der Waals surface area (Å²) in [4.78, 5) is 26.3. The van der Waals surface area contributed by atoms with E-state index >= 15 is 0 Å². The number of aromatic amines is 1. The van der Waals surface area contributed by atoms with Gasteiger partial charge in [-0.25, -0.2) is 0 Å². The van der Waals surface area contributed by atoms with Crippen LogP contribution in [-0.4, -0.2) is 28.1 Å². The standard InChI is InChI=1S/C17H22N4O2S/c1-11-2-7-15(24-11)17(23)20-13-5-3-12(4-6-13)16(22)18-10-14-8-9-19-21-14/h2,7-9,12-13H,3-6,10H2,1H3,(H,18,22)(H,19,21)(H,20,23). The third-order valence-electron chi connectivity index (χ3n) is 4.41. The van der Waals surface area contributed by atoms with Gasteiger partial charge in [-0.05, 0) is 50.8 Å². The molecule has 1 saturated carbocycles. The lowest BCUT2D eigenvalue weighted by atomic mass is 9.85. The fraction of sp³-hybridized carbons (Fsp3) is 0.471. The maximum atomic E-state index is 12.2. The van der Waals surface area contributed by atoms with Gasteiger partial charge in [-0.2, -0.15) is 5.10 Å². The van der Waals surface area contributed by atoms with Gasteiger partial charge in [-0.1, -0.05) is 0 Å². The number of amides is 2. The zero-order valence-corrected chi connectivity index (χ0v) is 14.5. The Kier molecular flexibility index (Phi) is 5.30. The van der Waals surface area contributed by atoms with E-state index in [1.54, 1.807) is 6.20 Å². The van der Waals surface area contributed by atoms with E-state index in [1.165, 1.54) is 11.3 Å². The molecule has 0 atom stereocenters. The molecule has 0 bridgehead atoms. The van der Waals surface area contributed by atoms with E-state index < -0.39 is 0 Å². The molecule has 2 amide bonds. The first kappa shape index (κ1) is 16.7. The van der Waals surface area contributed by atoms with E-state index in [0.717, 1.165) is 41.1 Å². The van der Waals surface area contributed by atoms with Crippen molar-refractivity contribution in [3.8, 4) is 0 Å². The van der Waals surface area contributed by atoms with Gasteiger partial charge in [-0.15, -0.1) is 11.3 Å². The molecule has 1 fully saturated rings. The van der Waals surface area contributed by atoms with Crippen LogP contribution < -0.4 is 10.6 Å². The second-order valence-corrected chi connectivity index (χ2v) is 7.52. The third kappa shape index (κ3) is 4.23. The number of nitrogens with zero attached hydrogens (tertiary/aromatic N) is 1. The molecule has 0 aromatic carbocycles. The number of carbonyl (C=O) groups excluding carboxylic acids is 2. The Morgan fingerprint density at radius 3 is 2.67 bits per heavy atom. The second-order valence-electron chi connectivity index (χ2n) is 6.23. The van der Waals surface area contributed by atoms with E-state index in [2.05, 4.69) is 20.8 Å². The Hall–Kier alpha value is -2.15. The highest BCUT2D eigenvalue weighted by Gasteiger charge is 2.27. The van der Waals surface area contributed by atoms with Gasteiger partial charge in [-0.3, -0.25) is 14.7 Å². The molecule has 3 rings (SSSR count). The molecule has 7 heteroatoms. The summed E-state index contributed by atoms with van der Waals surface area (Å²) in [6.45, 7) is 2.47. The molecule has 24 heavy (non-hydrogen) atoms. The summed E-state index contributed by atoms with van der Waals surface area (Å²) in [5.74, 6) is 0.119. The molecular formula is C17H22N4O2S. The predicted octanol–water partition coefficient (Wildman–Crippen LogP) is 2.38. The van der Waals surface area contributed by atoms with E-state index in [4.69, 9.17) is 0 Å². The Bertz CT molecular complexity index is 687. The molecule has 3 N–H and O–H groups in total. The molecule has 6 nitrogen and oxygen atoms in total. The number of aromatic nitrogens is 2. The Balaban J connectivity index is 1.42. The number of H-pyrrole nitrogens is 1. The monoisotopic (exact) mass is 346 g/mol. The lowest BCUT2D eigenvalue weighted by Gasteiger charge is -2.28. The highest BCUT2D eigenvalue weighted by molar-refractivity contribution is 7.13. The molecular weight excluding hydrogens is 324 g/mol. The number of aryl methyl sites for hydroxylation is 1. The van der Waals surface area contributed by atoms with Gasteiger partial charge >= 0.3 is 0 Å². The van der Waals surface area contributed by atoms with E-state index in [0.29, 0.717) is 6.54 Å². The van der Waals surface area contributed by atoms with Gasteiger partial charge in [0, 0.05) is 23.0 Å². The number of rotatable bonds is 5. The van der Waals surface area contributed by atoms with Gasteiger partial charge in [0.1, 0.15) is 0 Å². The van der Waals surface area contributed by atoms with Crippen LogP contribution >= 0.6 is 11.3 Å². The summed E-state index contributed by atoms with van der Waals surface area (Å²) in [6.07, 6.45) is 4.98. The first-order valence-corrected chi connectivity index (χ1v) is 9.06. The molecule has 2 aromatic rings. The average molecular weight is 346 g/mol. The van der Waals surface area contributed by atoms with Gasteiger partial charge in [0.15, 0.2) is 0 Å². The molecule has 2 aromatic heterocycles. The zero-order chi connectivity index (χ0) is 16.9. The van der Waals surface area contributed by atoms with Crippen molar-refractivity contribution >= 4 is 23.2 Å². The minimum Gasteiger partial charge on any atom is -0.350 e. The van der Waals surface area contributed by atoms with E-state index in [1.807, 2.05) is 25.1 Å². The highest BCUT2D eigenvalue weighted by Crippen LogP contribution is 2.25. The first-order chi connectivity index (χ1) is 11.6. The second kappa shape index (κ2) is 7.61. The summed E-state index contributed by atoms with van der Waals surface area (Å²) < 4.78 is 0. The molecule has 2 heterocycles. The fourth-order valence-corrected chi connectivity index (χ4v) is 3.79. The van der Waals surface area contributed by atoms with Crippen molar-refractivity contribution in [1.82, 2.24) is 20.8 Å². The number of hydrogen-bond acceptors (Lipinski definition) is 4. The molecule has 0 saturated heterocycles. The van der Waals surface area contributed by atoms with Crippen LogP contribution in [0.25, 0.3) is 0 Å². The molecule has 0 spiro atoms. The number of carbonyl (C=O) groups is 2. The molecule has 1 aliphatic rings. The lowest BCUT2D eigenvalue weighted by Crippen LogP contribution is -2.40. The summed E-state index contributed by atoms with van der Waals surface area (Å²) in [5.41, 5.74) is 0.899. The summed E-state index contributed by atoms with van der Waals surface area (Å²) >= 11 is 1.51. The van der Waals surface area contributed by atoms with Crippen LogP contribution in [0.15, 0.2) is 24.4 Å². The normalized spacial score (nSPS) is 20.5. The number of thiophene rings is 1. The Morgan fingerprint density at radius 2 is 2.04 bits per heavy atom. The molecule has 1 aliphatic carbocycles. The van der Waals surface area contributed by atoms with Crippen LogP contribution in [0, 0.1) is 12.8 Å². The van der Waals surface area contributed by atoms with Crippen LogP contribution in [0.1, 0.15) is 45.9 Å². The molecule has 0 aliphatic heterocycles. The third-order valence-corrected chi connectivity index (χ3v) is 5.41. The summed E-state index contributed by atoms with van der Waals surface area (Å²) in [5, 5.41) is 12.7. The van der Waals surface area contributed by atoms with Gasteiger partial charge in [0.05, 0.1) is 17.1 Å². The minimum absolute atomic E-state index is 0.000228. The number of hydrogen-bond donors (Lipinski definition) is 3. The summed E-state index contributed by atoms with van der Waals surface area (Å²) in [7, 11) is 0. The maximum absolute atomic E-state index is 12.2. The van der Waals surface area contributed by atoms with Crippen LogP contribution in [0.4, 0.5) is 0 Å². The van der Waals surface area contributed by atoms with Gasteiger partial charge < -0.3 is 10.6 Å². The van der Waals surface area contributed by atoms with Crippen molar-refractivity contribution in [3.63, 3.8) is 0 Å². The fourth-order valence-electron chi connectivity index (χ4n) is 3.02. The van der Waals surface area contributed by atoms with Crippen LogP contribution in [0.5, 0.6) is 0 Å². The lowest BCUT2D eigenvalue weighted by molar-refractivity contribution is -0.126. The highest BCUT2D eigenvalue weighted by atomic mass is 32.1. The van der Waals surface area contributed by atoms with Crippen molar-refractivity contribution in [2.45, 2.75) is 45.2 Å². The predicted molar refractivity (Wildman–Crippen MR) is 92.7 cm³/mol. The Morgan fingerprint density at radius 1 is 1.25 bits per heavy atom. The largest absolute Gasteiger partial charge is 0.350 e.